The summed E-state index contributed by atoms with van der Waals surface area (Å²) in [4.78, 5) is 15.0. The smallest absolute Gasteiger partial charge is 0.288 e. The van der Waals surface area contributed by atoms with Crippen molar-refractivity contribution in [2.45, 2.75) is 10.1 Å². The van der Waals surface area contributed by atoms with Gasteiger partial charge in [0.25, 0.3) is 10.9 Å². The number of para-hydroxylation sites is 1. The van der Waals surface area contributed by atoms with E-state index in [4.69, 9.17) is 4.42 Å². The van der Waals surface area contributed by atoms with E-state index >= 15 is 0 Å². The van der Waals surface area contributed by atoms with E-state index in [0.717, 1.165) is 5.56 Å². The molecule has 0 aliphatic heterocycles. The summed E-state index contributed by atoms with van der Waals surface area (Å²) in [5.74, 6) is 0.382. The zero-order chi connectivity index (χ0) is 15.4. The molecule has 22 heavy (non-hydrogen) atoms. The van der Waals surface area contributed by atoms with Crippen LogP contribution in [0.15, 0.2) is 63.3 Å². The molecule has 0 aliphatic carbocycles. The molecule has 0 aliphatic rings. The Hall–Kier alpha value is -2.39. The second-order valence-electron chi connectivity index (χ2n) is 4.00. The Labute approximate surface area is 132 Å². The normalized spacial score (nSPS) is 10.5. The average Bonchev–Trinajstić information content (AvgIpc) is 3.03. The van der Waals surface area contributed by atoms with Gasteiger partial charge in [-0.15, -0.1) is 5.10 Å². The monoisotopic (exact) mass is 332 g/mol. The standard InChI is InChI=1S/C13H8N4O3S2/c18-17(19)10-3-1-2-4-11(10)21-22-13-16-15-12(20-13)9-5-7-14-8-6-9/h1-8H. The van der Waals surface area contributed by atoms with Crippen molar-refractivity contribution in [3.05, 3.63) is 58.9 Å². The van der Waals surface area contributed by atoms with Crippen molar-refractivity contribution in [1.29, 1.82) is 0 Å². The summed E-state index contributed by atoms with van der Waals surface area (Å²) in [5.41, 5.74) is 0.818. The molecule has 0 amide bonds. The van der Waals surface area contributed by atoms with Gasteiger partial charge in [-0.25, -0.2) is 0 Å². The number of nitro groups is 1. The Morgan fingerprint density at radius 3 is 2.59 bits per heavy atom. The third kappa shape index (κ3) is 3.26. The molecule has 0 atom stereocenters. The Morgan fingerprint density at radius 1 is 1.05 bits per heavy atom. The third-order valence-corrected chi connectivity index (χ3v) is 4.73. The minimum Gasteiger partial charge on any atom is -0.411 e. The molecule has 0 bridgehead atoms. The number of hydrogen-bond acceptors (Lipinski definition) is 8. The summed E-state index contributed by atoms with van der Waals surface area (Å²) < 4.78 is 5.51. The van der Waals surface area contributed by atoms with E-state index in [1.807, 2.05) is 0 Å². The van der Waals surface area contributed by atoms with Crippen LogP contribution in [-0.4, -0.2) is 20.1 Å². The van der Waals surface area contributed by atoms with Crippen LogP contribution in [0.25, 0.3) is 11.5 Å². The molecule has 0 unspecified atom stereocenters. The summed E-state index contributed by atoms with van der Waals surface area (Å²) in [6, 6.07) is 10.0. The van der Waals surface area contributed by atoms with Gasteiger partial charge in [0.2, 0.25) is 5.89 Å². The van der Waals surface area contributed by atoms with Gasteiger partial charge in [-0.05, 0) is 29.0 Å². The van der Waals surface area contributed by atoms with Crippen LogP contribution in [-0.2, 0) is 0 Å². The SMILES string of the molecule is O=[N+]([O-])c1ccccc1SSc1nnc(-c2ccncc2)o1. The maximum absolute atomic E-state index is 10.9. The van der Waals surface area contributed by atoms with Gasteiger partial charge >= 0.3 is 0 Å². The van der Waals surface area contributed by atoms with Crippen molar-refractivity contribution in [2.24, 2.45) is 0 Å². The van der Waals surface area contributed by atoms with E-state index in [2.05, 4.69) is 15.2 Å². The fourth-order valence-electron chi connectivity index (χ4n) is 1.61. The van der Waals surface area contributed by atoms with Crippen molar-refractivity contribution in [1.82, 2.24) is 15.2 Å². The highest BCUT2D eigenvalue weighted by Gasteiger charge is 2.15. The first-order valence-electron chi connectivity index (χ1n) is 6.06. The van der Waals surface area contributed by atoms with Crippen LogP contribution >= 0.6 is 21.6 Å². The van der Waals surface area contributed by atoms with Crippen LogP contribution in [0.3, 0.4) is 0 Å². The van der Waals surface area contributed by atoms with Crippen LogP contribution in [0.1, 0.15) is 0 Å². The molecule has 3 rings (SSSR count). The van der Waals surface area contributed by atoms with Crippen molar-refractivity contribution < 1.29 is 9.34 Å². The van der Waals surface area contributed by atoms with E-state index < -0.39 is 4.92 Å². The van der Waals surface area contributed by atoms with Gasteiger partial charge in [0.05, 0.1) is 9.82 Å². The molecule has 0 N–H and O–H groups in total. The molecule has 2 heterocycles. The molecule has 0 fully saturated rings. The van der Waals surface area contributed by atoms with Gasteiger partial charge in [0.1, 0.15) is 0 Å². The quantitative estimate of drug-likeness (QED) is 0.395. The third-order valence-electron chi connectivity index (χ3n) is 2.60. The number of nitrogens with zero attached hydrogens (tertiary/aromatic N) is 4. The second kappa shape index (κ2) is 6.58. The molecule has 2 aromatic heterocycles. The first-order valence-corrected chi connectivity index (χ1v) is 8.21. The molecule has 0 saturated carbocycles. The Balaban J connectivity index is 1.73. The Kier molecular flexibility index (Phi) is 4.35. The van der Waals surface area contributed by atoms with E-state index in [9.17, 15) is 10.1 Å². The van der Waals surface area contributed by atoms with Gasteiger partial charge in [-0.1, -0.05) is 17.2 Å². The fourth-order valence-corrected chi connectivity index (χ4v) is 3.43. The maximum Gasteiger partial charge on any atom is 0.288 e. The summed E-state index contributed by atoms with van der Waals surface area (Å²) >= 11 is 0. The number of aromatic nitrogens is 3. The van der Waals surface area contributed by atoms with E-state index in [0.29, 0.717) is 16.0 Å². The fraction of sp³-hybridized carbons (Fsp3) is 0. The van der Waals surface area contributed by atoms with Gasteiger partial charge in [-0.3, -0.25) is 15.1 Å². The molecule has 0 saturated heterocycles. The first kappa shape index (κ1) is 14.5. The highest BCUT2D eigenvalue weighted by atomic mass is 33.1. The molecule has 1 aromatic carbocycles. The minimum atomic E-state index is -0.418. The number of pyridine rings is 1. The molecule has 0 radical (unpaired) electrons. The summed E-state index contributed by atoms with van der Waals surface area (Å²) in [5, 5.41) is 19.1. The first-order chi connectivity index (χ1) is 10.7. The molecular formula is C13H8N4O3S2. The summed E-state index contributed by atoms with van der Waals surface area (Å²) in [7, 11) is 2.38. The Morgan fingerprint density at radius 2 is 1.82 bits per heavy atom. The average molecular weight is 332 g/mol. The summed E-state index contributed by atoms with van der Waals surface area (Å²) in [6.07, 6.45) is 3.27. The number of nitro benzene ring substituents is 1. The molecular weight excluding hydrogens is 324 g/mol. The predicted molar refractivity (Wildman–Crippen MR) is 82.3 cm³/mol. The largest absolute Gasteiger partial charge is 0.411 e. The molecule has 110 valence electrons. The van der Waals surface area contributed by atoms with Crippen LogP contribution < -0.4 is 0 Å². The second-order valence-corrected chi connectivity index (χ2v) is 6.12. The number of rotatable bonds is 5. The van der Waals surface area contributed by atoms with Gasteiger partial charge in [0.15, 0.2) is 0 Å². The van der Waals surface area contributed by atoms with Crippen LogP contribution in [0.2, 0.25) is 0 Å². The molecule has 9 heteroatoms. The van der Waals surface area contributed by atoms with Crippen molar-refractivity contribution >= 4 is 27.3 Å². The van der Waals surface area contributed by atoms with Crippen molar-refractivity contribution in [3.63, 3.8) is 0 Å². The van der Waals surface area contributed by atoms with E-state index in [1.165, 1.54) is 27.7 Å². The lowest BCUT2D eigenvalue weighted by molar-refractivity contribution is -0.387. The lowest BCUT2D eigenvalue weighted by atomic mass is 10.3. The molecule has 3 aromatic rings. The van der Waals surface area contributed by atoms with Crippen LogP contribution in [0.4, 0.5) is 5.69 Å². The van der Waals surface area contributed by atoms with E-state index in [1.54, 1.807) is 42.7 Å². The van der Waals surface area contributed by atoms with Gasteiger partial charge in [-0.2, -0.15) is 0 Å². The van der Waals surface area contributed by atoms with Crippen molar-refractivity contribution in [3.8, 4) is 11.5 Å². The lowest BCUT2D eigenvalue weighted by Crippen LogP contribution is -1.88. The zero-order valence-electron chi connectivity index (χ0n) is 10.9. The maximum atomic E-state index is 10.9. The van der Waals surface area contributed by atoms with Gasteiger partial charge in [0, 0.05) is 34.8 Å². The zero-order valence-corrected chi connectivity index (χ0v) is 12.6. The van der Waals surface area contributed by atoms with Crippen molar-refractivity contribution in [2.75, 3.05) is 0 Å². The lowest BCUT2D eigenvalue weighted by Gasteiger charge is -1.99. The number of hydrogen-bond donors (Lipinski definition) is 0. The van der Waals surface area contributed by atoms with Gasteiger partial charge < -0.3 is 4.42 Å². The summed E-state index contributed by atoms with van der Waals surface area (Å²) in [6.45, 7) is 0. The van der Waals surface area contributed by atoms with Crippen LogP contribution in [0, 0.1) is 10.1 Å². The number of benzene rings is 1. The Bertz CT molecular complexity index is 795. The predicted octanol–water partition coefficient (Wildman–Crippen LogP) is 3.84. The minimum absolute atomic E-state index is 0.0499. The molecule has 7 nitrogen and oxygen atoms in total. The van der Waals surface area contributed by atoms with E-state index in [-0.39, 0.29) is 5.69 Å². The molecule has 0 spiro atoms. The van der Waals surface area contributed by atoms with Crippen LogP contribution in [0.5, 0.6) is 0 Å². The highest BCUT2D eigenvalue weighted by Crippen LogP contribution is 2.41. The highest BCUT2D eigenvalue weighted by molar-refractivity contribution is 8.76. The topological polar surface area (TPSA) is 95.0 Å².